The summed E-state index contributed by atoms with van der Waals surface area (Å²) < 4.78 is 29.6. The van der Waals surface area contributed by atoms with Crippen LogP contribution in [0, 0.1) is 17.6 Å². The molecule has 0 spiro atoms. The molecule has 1 saturated carbocycles. The Morgan fingerprint density at radius 2 is 2.05 bits per heavy atom. The van der Waals surface area contributed by atoms with E-state index in [-0.39, 0.29) is 17.4 Å². The van der Waals surface area contributed by atoms with Gasteiger partial charge in [0.15, 0.2) is 11.6 Å². The highest BCUT2D eigenvalue weighted by Gasteiger charge is 2.28. The predicted octanol–water partition coefficient (Wildman–Crippen LogP) is 4.80. The number of aromatic nitrogens is 2. The molecule has 2 unspecified atom stereocenters. The van der Waals surface area contributed by atoms with Crippen LogP contribution in [0.4, 0.5) is 8.78 Å². The summed E-state index contributed by atoms with van der Waals surface area (Å²) in [5.74, 6) is -0.387. The Hall–Kier alpha value is -1.16. The molecule has 1 heterocycles. The van der Waals surface area contributed by atoms with Crippen LogP contribution in [-0.2, 0) is 5.88 Å². The number of benzene rings is 1. The molecule has 1 aliphatic carbocycles. The first-order chi connectivity index (χ1) is 9.63. The third-order valence-electron chi connectivity index (χ3n) is 4.33. The third kappa shape index (κ3) is 2.10. The molecular weight excluding hydrogens is 282 g/mol. The molecule has 1 aromatic carbocycles. The average molecular weight is 299 g/mol. The highest BCUT2D eigenvalue weighted by molar-refractivity contribution is 6.16. The summed E-state index contributed by atoms with van der Waals surface area (Å²) in [7, 11) is 0. The summed E-state index contributed by atoms with van der Waals surface area (Å²) in [6.07, 6.45) is 4.36. The minimum absolute atomic E-state index is 0.152. The molecule has 0 aliphatic heterocycles. The molecule has 1 aliphatic rings. The van der Waals surface area contributed by atoms with E-state index in [4.69, 9.17) is 11.6 Å². The van der Waals surface area contributed by atoms with E-state index < -0.39 is 11.6 Å². The van der Waals surface area contributed by atoms with Crippen LogP contribution in [0.3, 0.4) is 0 Å². The number of rotatable bonds is 2. The van der Waals surface area contributed by atoms with E-state index in [1.54, 1.807) is 0 Å². The van der Waals surface area contributed by atoms with Crippen molar-refractivity contribution in [3.05, 3.63) is 29.6 Å². The van der Waals surface area contributed by atoms with E-state index in [9.17, 15) is 8.78 Å². The van der Waals surface area contributed by atoms with Gasteiger partial charge in [0.2, 0.25) is 0 Å². The van der Waals surface area contributed by atoms with Crippen molar-refractivity contribution in [2.45, 2.75) is 44.5 Å². The van der Waals surface area contributed by atoms with Gasteiger partial charge in [-0.15, -0.1) is 11.6 Å². The number of hydrogen-bond acceptors (Lipinski definition) is 1. The van der Waals surface area contributed by atoms with E-state index in [0.29, 0.717) is 17.3 Å². The number of fused-ring (bicyclic) bond motifs is 1. The average Bonchev–Trinajstić information content (AvgIpc) is 2.82. The highest BCUT2D eigenvalue weighted by Crippen LogP contribution is 2.37. The molecule has 1 aromatic heterocycles. The van der Waals surface area contributed by atoms with E-state index >= 15 is 0 Å². The zero-order valence-electron chi connectivity index (χ0n) is 11.4. The molecule has 0 N–H and O–H groups in total. The van der Waals surface area contributed by atoms with Gasteiger partial charge in [0.05, 0.1) is 11.4 Å². The van der Waals surface area contributed by atoms with Crippen LogP contribution >= 0.6 is 11.6 Å². The van der Waals surface area contributed by atoms with Gasteiger partial charge in [-0.25, -0.2) is 13.8 Å². The molecule has 2 aromatic rings. The zero-order valence-corrected chi connectivity index (χ0v) is 12.1. The van der Waals surface area contributed by atoms with Crippen molar-refractivity contribution in [3.8, 4) is 0 Å². The Bertz CT molecular complexity index is 638. The van der Waals surface area contributed by atoms with Crippen LogP contribution < -0.4 is 0 Å². The molecule has 0 bridgehead atoms. The standard InChI is InChI=1S/C15H17ClF2N2/c1-9-4-2-3-5-12(9)20-13(8-16)19-11-7-6-10(17)14(18)15(11)20/h6-7,9,12H,2-5,8H2,1H3. The largest absolute Gasteiger partial charge is 0.321 e. The minimum atomic E-state index is -0.830. The predicted molar refractivity (Wildman–Crippen MR) is 75.9 cm³/mol. The molecule has 0 amide bonds. The zero-order chi connectivity index (χ0) is 14.3. The van der Waals surface area contributed by atoms with Gasteiger partial charge < -0.3 is 4.57 Å². The lowest BCUT2D eigenvalue weighted by molar-refractivity contribution is 0.257. The Kier molecular flexibility index (Phi) is 3.67. The van der Waals surface area contributed by atoms with E-state index in [1.807, 2.05) is 4.57 Å². The van der Waals surface area contributed by atoms with Crippen molar-refractivity contribution in [1.29, 1.82) is 0 Å². The first-order valence-corrected chi connectivity index (χ1v) is 7.57. The van der Waals surface area contributed by atoms with Crippen molar-refractivity contribution in [2.75, 3.05) is 0 Å². The van der Waals surface area contributed by atoms with Crippen LogP contribution in [0.25, 0.3) is 11.0 Å². The van der Waals surface area contributed by atoms with Gasteiger partial charge in [-0.2, -0.15) is 0 Å². The quantitative estimate of drug-likeness (QED) is 0.728. The fourth-order valence-corrected chi connectivity index (χ4v) is 3.49. The Morgan fingerprint density at radius 1 is 1.30 bits per heavy atom. The first kappa shape index (κ1) is 13.8. The lowest BCUT2D eigenvalue weighted by Gasteiger charge is -2.31. The van der Waals surface area contributed by atoms with E-state index in [1.165, 1.54) is 12.5 Å². The maximum Gasteiger partial charge on any atom is 0.184 e. The van der Waals surface area contributed by atoms with Gasteiger partial charge in [0.25, 0.3) is 0 Å². The van der Waals surface area contributed by atoms with E-state index in [0.717, 1.165) is 25.3 Å². The lowest BCUT2D eigenvalue weighted by Crippen LogP contribution is -2.23. The monoisotopic (exact) mass is 298 g/mol. The van der Waals surface area contributed by atoms with Crippen LogP contribution in [0.5, 0.6) is 0 Å². The second kappa shape index (κ2) is 5.32. The van der Waals surface area contributed by atoms with Gasteiger partial charge in [0, 0.05) is 6.04 Å². The minimum Gasteiger partial charge on any atom is -0.321 e. The van der Waals surface area contributed by atoms with Crippen molar-refractivity contribution in [3.63, 3.8) is 0 Å². The number of hydrogen-bond donors (Lipinski definition) is 0. The fourth-order valence-electron chi connectivity index (χ4n) is 3.30. The van der Waals surface area contributed by atoms with Crippen molar-refractivity contribution >= 4 is 22.6 Å². The lowest BCUT2D eigenvalue weighted by atomic mass is 9.85. The fraction of sp³-hybridized carbons (Fsp3) is 0.533. The topological polar surface area (TPSA) is 17.8 Å². The Morgan fingerprint density at radius 3 is 2.75 bits per heavy atom. The maximum atomic E-state index is 14.2. The SMILES string of the molecule is CC1CCCCC1n1c(CCl)nc2ccc(F)c(F)c21. The summed E-state index contributed by atoms with van der Waals surface area (Å²) >= 11 is 5.96. The Labute approximate surface area is 121 Å². The normalized spacial score (nSPS) is 23.4. The molecular formula is C15H17ClF2N2. The van der Waals surface area contributed by atoms with Crippen LogP contribution in [0.2, 0.25) is 0 Å². The van der Waals surface area contributed by atoms with Crippen molar-refractivity contribution in [2.24, 2.45) is 5.92 Å². The second-order valence-electron chi connectivity index (χ2n) is 5.59. The third-order valence-corrected chi connectivity index (χ3v) is 4.57. The van der Waals surface area contributed by atoms with E-state index in [2.05, 4.69) is 11.9 Å². The van der Waals surface area contributed by atoms with Gasteiger partial charge in [0.1, 0.15) is 11.3 Å². The van der Waals surface area contributed by atoms with Crippen LogP contribution in [-0.4, -0.2) is 9.55 Å². The summed E-state index contributed by atoms with van der Waals surface area (Å²) in [6.45, 7) is 2.16. The second-order valence-corrected chi connectivity index (χ2v) is 5.86. The number of nitrogens with zero attached hydrogens (tertiary/aromatic N) is 2. The number of imidazole rings is 1. The summed E-state index contributed by atoms with van der Waals surface area (Å²) in [4.78, 5) is 4.37. The molecule has 2 nitrogen and oxygen atoms in total. The summed E-state index contributed by atoms with van der Waals surface area (Å²) in [5.41, 5.74) is 0.747. The van der Waals surface area contributed by atoms with Gasteiger partial charge >= 0.3 is 0 Å². The van der Waals surface area contributed by atoms with Crippen molar-refractivity contribution < 1.29 is 8.78 Å². The summed E-state index contributed by atoms with van der Waals surface area (Å²) in [6, 6.07) is 2.80. The Balaban J connectivity index is 2.23. The molecule has 1 fully saturated rings. The molecule has 20 heavy (non-hydrogen) atoms. The van der Waals surface area contributed by atoms with Crippen molar-refractivity contribution in [1.82, 2.24) is 9.55 Å². The number of halogens is 3. The van der Waals surface area contributed by atoms with Gasteiger partial charge in [-0.1, -0.05) is 19.8 Å². The maximum absolute atomic E-state index is 14.2. The van der Waals surface area contributed by atoms with Gasteiger partial charge in [-0.05, 0) is 30.9 Å². The highest BCUT2D eigenvalue weighted by atomic mass is 35.5. The van der Waals surface area contributed by atoms with Crippen LogP contribution in [0.15, 0.2) is 12.1 Å². The molecule has 108 valence electrons. The number of alkyl halides is 1. The molecule has 2 atom stereocenters. The molecule has 5 heteroatoms. The molecule has 0 saturated heterocycles. The first-order valence-electron chi connectivity index (χ1n) is 7.04. The summed E-state index contributed by atoms with van der Waals surface area (Å²) in [5, 5.41) is 0. The van der Waals surface area contributed by atoms with Crippen LogP contribution in [0.1, 0.15) is 44.5 Å². The molecule has 3 rings (SSSR count). The molecule has 0 radical (unpaired) electrons. The smallest absolute Gasteiger partial charge is 0.184 e. The van der Waals surface area contributed by atoms with Gasteiger partial charge in [-0.3, -0.25) is 0 Å².